The lowest BCUT2D eigenvalue weighted by molar-refractivity contribution is -0.143. The van der Waals surface area contributed by atoms with Crippen LogP contribution in [0.25, 0.3) is 22.3 Å². The summed E-state index contributed by atoms with van der Waals surface area (Å²) in [6.07, 6.45) is 18.1. The van der Waals surface area contributed by atoms with Crippen LogP contribution in [0.4, 0.5) is 27.4 Å². The molecule has 1 unspecified atom stereocenters. The van der Waals surface area contributed by atoms with E-state index in [2.05, 4.69) is 67.8 Å². The fourth-order valence-corrected chi connectivity index (χ4v) is 13.6. The summed E-state index contributed by atoms with van der Waals surface area (Å²) in [5.41, 5.74) is 5.25. The molecule has 398 valence electrons. The Kier molecular flexibility index (Phi) is 13.6. The lowest BCUT2D eigenvalue weighted by Crippen LogP contribution is -2.58. The number of nitrogens with one attached hydrogen (secondary N) is 3. The van der Waals surface area contributed by atoms with Gasteiger partial charge in [0.25, 0.3) is 0 Å². The predicted octanol–water partition coefficient (Wildman–Crippen LogP) is 8.01. The van der Waals surface area contributed by atoms with E-state index in [0.29, 0.717) is 95.1 Å². The fourth-order valence-electron chi connectivity index (χ4n) is 13.6. The SMILES string of the molecule is CC(C)n1cnc2cc(-c3ccc4c(c3)N(C3CC(N5CCCCC5)C3)C(=O)C43CCN(C(=O)C4CCC(C(=O)N5CCC(Nc6ccc(C7CCC(=O)NC7=O)cn6)CC5)CC4)CC3)nc(Nc3ccncc3F)c21. The van der Waals surface area contributed by atoms with E-state index in [9.17, 15) is 19.2 Å². The number of carbonyl (C=O) groups excluding carboxylic acids is 5. The first-order valence-corrected chi connectivity index (χ1v) is 28.0. The number of likely N-dealkylation sites (tertiary alicyclic amines) is 3. The summed E-state index contributed by atoms with van der Waals surface area (Å²) in [6.45, 7) is 8.69. The van der Waals surface area contributed by atoms with Crippen LogP contribution in [-0.4, -0.2) is 126 Å². The Balaban J connectivity index is 0.699. The van der Waals surface area contributed by atoms with E-state index >= 15 is 9.18 Å². The number of benzene rings is 1. The average Bonchev–Trinajstić information content (AvgIpc) is 4.00. The third kappa shape index (κ3) is 9.37. The van der Waals surface area contributed by atoms with Crippen LogP contribution >= 0.6 is 0 Å². The van der Waals surface area contributed by atoms with Crippen molar-refractivity contribution in [3.05, 3.63) is 84.3 Å². The average molecular weight is 1030 g/mol. The molecule has 1 spiro atoms. The first-order chi connectivity index (χ1) is 36.9. The Morgan fingerprint density at radius 2 is 1.51 bits per heavy atom. The van der Waals surface area contributed by atoms with E-state index in [4.69, 9.17) is 9.97 Å². The molecule has 18 heteroatoms. The number of aromatic nitrogens is 5. The lowest BCUT2D eigenvalue weighted by atomic mass is 9.72. The zero-order valence-corrected chi connectivity index (χ0v) is 43.7. The van der Waals surface area contributed by atoms with E-state index in [-0.39, 0.29) is 71.1 Å². The summed E-state index contributed by atoms with van der Waals surface area (Å²) >= 11 is 0. The minimum atomic E-state index is -0.744. The van der Waals surface area contributed by atoms with Crippen molar-refractivity contribution in [2.24, 2.45) is 11.8 Å². The molecule has 1 atom stereocenters. The van der Waals surface area contributed by atoms with E-state index < -0.39 is 11.2 Å². The lowest BCUT2D eigenvalue weighted by Gasteiger charge is -2.48. The molecule has 1 aromatic carbocycles. The molecule has 0 radical (unpaired) electrons. The van der Waals surface area contributed by atoms with Gasteiger partial charge in [0.2, 0.25) is 29.5 Å². The van der Waals surface area contributed by atoms with Gasteiger partial charge in [0.15, 0.2) is 11.6 Å². The number of rotatable bonds is 11. The zero-order chi connectivity index (χ0) is 52.2. The van der Waals surface area contributed by atoms with Crippen LogP contribution in [-0.2, 0) is 29.4 Å². The minimum Gasteiger partial charge on any atom is -0.367 e. The van der Waals surface area contributed by atoms with Gasteiger partial charge in [-0.1, -0.05) is 24.6 Å². The smallest absolute Gasteiger partial charge is 0.238 e. The number of halogens is 1. The van der Waals surface area contributed by atoms with E-state index in [1.54, 1.807) is 24.8 Å². The third-order valence-corrected chi connectivity index (χ3v) is 18.1. The Hall–Kier alpha value is -6.82. The molecule has 0 bridgehead atoms. The number of imidazole rings is 1. The number of amides is 5. The van der Waals surface area contributed by atoms with Gasteiger partial charge in [-0.3, -0.25) is 34.3 Å². The van der Waals surface area contributed by atoms with Gasteiger partial charge in [-0.2, -0.15) is 0 Å². The second-order valence-corrected chi connectivity index (χ2v) is 22.9. The van der Waals surface area contributed by atoms with Gasteiger partial charge in [-0.25, -0.2) is 19.3 Å². The molecule has 76 heavy (non-hydrogen) atoms. The normalized spacial score (nSPS) is 25.2. The first-order valence-electron chi connectivity index (χ1n) is 28.0. The molecule has 17 nitrogen and oxygen atoms in total. The topological polar surface area (TPSA) is 191 Å². The number of imide groups is 1. The molecule has 4 aromatic heterocycles. The van der Waals surface area contributed by atoms with Gasteiger partial charge in [0.1, 0.15) is 11.3 Å². The number of hydrogen-bond acceptors (Lipinski definition) is 12. The van der Waals surface area contributed by atoms with Crippen LogP contribution in [0.3, 0.4) is 0 Å². The molecule has 7 aliphatic rings. The Morgan fingerprint density at radius 3 is 2.18 bits per heavy atom. The Labute approximate surface area is 442 Å². The number of carbonyl (C=O) groups is 5. The number of hydrogen-bond donors (Lipinski definition) is 3. The monoisotopic (exact) mass is 1030 g/mol. The van der Waals surface area contributed by atoms with Crippen LogP contribution in [0.1, 0.15) is 133 Å². The van der Waals surface area contributed by atoms with Gasteiger partial charge in [-0.05, 0) is 146 Å². The number of fused-ring (bicyclic) bond motifs is 3. The molecular weight excluding hydrogens is 964 g/mol. The molecule has 9 heterocycles. The fraction of sp³-hybridized carbons (Fsp3) is 0.534. The standard InChI is InChI=1S/C58H69FN12O5/c1-35(2)70-34-62-48-31-47(65-53(52(48)70)64-46-16-21-60-33-45(46)59)38-10-13-44-49(28-38)71(42-29-41(30-42)67-22-4-3-5-23-67)57(76)58(44)19-26-69(27-20-58)56(75)37-8-6-36(7-9-37)55(74)68-24-17-40(18-25-68)63-50-14-11-39(32-61-50)43-12-15-51(72)66-54(43)73/h10-11,13-14,16,21,28,31-37,40-43H,3-9,12,15,17-20,22-27,29-30H2,1-2H3,(H,61,63)(H,60,64,65)(H,66,72,73). The summed E-state index contributed by atoms with van der Waals surface area (Å²) in [4.78, 5) is 94.5. The highest BCUT2D eigenvalue weighted by atomic mass is 19.1. The number of piperidine rings is 4. The molecule has 3 N–H and O–H groups in total. The maximum Gasteiger partial charge on any atom is 0.238 e. The number of pyridine rings is 3. The number of nitrogens with zero attached hydrogens (tertiary/aromatic N) is 9. The quantitative estimate of drug-likeness (QED) is 0.108. The Morgan fingerprint density at radius 1 is 0.789 bits per heavy atom. The summed E-state index contributed by atoms with van der Waals surface area (Å²) in [5, 5.41) is 9.17. The largest absolute Gasteiger partial charge is 0.367 e. The molecule has 5 aliphatic heterocycles. The third-order valence-electron chi connectivity index (χ3n) is 18.1. The van der Waals surface area contributed by atoms with Crippen LogP contribution in [0.5, 0.6) is 0 Å². The van der Waals surface area contributed by atoms with Crippen molar-refractivity contribution >= 4 is 63.6 Å². The second kappa shape index (κ2) is 20.6. The van der Waals surface area contributed by atoms with Crippen molar-refractivity contribution < 1.29 is 28.4 Å². The summed E-state index contributed by atoms with van der Waals surface area (Å²) < 4.78 is 17.1. The van der Waals surface area contributed by atoms with Gasteiger partial charge in [0.05, 0.1) is 40.8 Å². The molecule has 5 aromatic rings. The van der Waals surface area contributed by atoms with Crippen molar-refractivity contribution in [1.29, 1.82) is 0 Å². The maximum absolute atomic E-state index is 15.3. The van der Waals surface area contributed by atoms with E-state index in [1.165, 1.54) is 25.5 Å². The van der Waals surface area contributed by atoms with Gasteiger partial charge in [0, 0.05) is 92.2 Å². The van der Waals surface area contributed by atoms with Crippen molar-refractivity contribution in [2.75, 3.05) is 54.8 Å². The first kappa shape index (κ1) is 50.0. The minimum absolute atomic E-state index is 0.0767. The molecular formula is C58H69FN12O5. The van der Waals surface area contributed by atoms with Crippen molar-refractivity contribution in [3.8, 4) is 11.3 Å². The van der Waals surface area contributed by atoms with E-state index in [0.717, 1.165) is 78.0 Å². The summed E-state index contributed by atoms with van der Waals surface area (Å²) in [6, 6.07) is 14.4. The number of anilines is 4. The van der Waals surface area contributed by atoms with E-state index in [1.807, 2.05) is 32.6 Å². The van der Waals surface area contributed by atoms with Gasteiger partial charge >= 0.3 is 0 Å². The van der Waals surface area contributed by atoms with Crippen LogP contribution in [0.2, 0.25) is 0 Å². The highest BCUT2D eigenvalue weighted by Gasteiger charge is 2.56. The predicted molar refractivity (Wildman–Crippen MR) is 286 cm³/mol. The Bertz CT molecular complexity index is 3040. The summed E-state index contributed by atoms with van der Waals surface area (Å²) in [5.74, 6) is 0.0708. The van der Waals surface area contributed by atoms with Crippen molar-refractivity contribution in [1.82, 2.24) is 44.5 Å². The van der Waals surface area contributed by atoms with Crippen molar-refractivity contribution in [3.63, 3.8) is 0 Å². The second-order valence-electron chi connectivity index (χ2n) is 22.9. The summed E-state index contributed by atoms with van der Waals surface area (Å²) in [7, 11) is 0. The molecule has 12 rings (SSSR count). The molecule has 6 fully saturated rings. The van der Waals surface area contributed by atoms with Gasteiger partial charge < -0.3 is 34.8 Å². The van der Waals surface area contributed by atoms with Crippen LogP contribution in [0, 0.1) is 17.7 Å². The highest BCUT2D eigenvalue weighted by molar-refractivity contribution is 6.09. The molecule has 4 saturated heterocycles. The maximum atomic E-state index is 15.3. The van der Waals surface area contributed by atoms with Crippen molar-refractivity contribution in [2.45, 2.75) is 146 Å². The molecule has 2 aliphatic carbocycles. The molecule has 5 amide bonds. The van der Waals surface area contributed by atoms with Crippen LogP contribution < -0.4 is 20.9 Å². The molecule has 2 saturated carbocycles. The van der Waals surface area contributed by atoms with Crippen LogP contribution in [0.15, 0.2) is 67.4 Å². The van der Waals surface area contributed by atoms with Gasteiger partial charge in [-0.15, -0.1) is 0 Å². The highest BCUT2D eigenvalue weighted by Crippen LogP contribution is 2.52. The zero-order valence-electron chi connectivity index (χ0n) is 43.7.